The third kappa shape index (κ3) is 13.1. The standard InChI is InChI=1S/C58H38N4.C57H37N5/c1-4-15-40(16-5-1)52-38-53(41-17-6-2-7-18-41)60-58(59-52)45-20-14-19-42(35-45)39-27-31-47(32-28-39)61-55-26-13-11-24-49(55)51-36-43(30-34-56(51)61)44-29-33-50-48-23-10-12-25-54(48)62(57(50)37-44)46-21-8-3-9-22-46;1-4-15-39(16-5-1)55-58-56(40-17-6-2-7-18-40)60-57(59-55)44-20-14-19-41(35-44)38-27-31-46(32-28-38)61-52-26-13-11-24-48(52)50-36-42(30-34-53(50)61)43-29-33-49-47-23-10-12-25-51(47)62(54(49)37-43)45-21-8-3-9-22-45/h1-38H;1-37H. The molecule has 9 nitrogen and oxygen atoms in total. The molecule has 0 aliphatic carbocycles. The van der Waals surface area contributed by atoms with Crippen LogP contribution in [0.4, 0.5) is 0 Å². The van der Waals surface area contributed by atoms with Crippen LogP contribution in [-0.2, 0) is 0 Å². The van der Waals surface area contributed by atoms with Crippen LogP contribution in [0.2, 0.25) is 0 Å². The first-order valence-corrected chi connectivity index (χ1v) is 42.0. The molecule has 0 saturated heterocycles. The van der Waals surface area contributed by atoms with Crippen molar-refractivity contribution < 1.29 is 0 Å². The maximum absolute atomic E-state index is 5.09. The molecule has 0 aliphatic rings. The van der Waals surface area contributed by atoms with Gasteiger partial charge in [-0.1, -0.05) is 328 Å². The number of hydrogen-bond donors (Lipinski definition) is 0. The first-order valence-electron chi connectivity index (χ1n) is 42.0. The van der Waals surface area contributed by atoms with E-state index in [9.17, 15) is 0 Å². The van der Waals surface area contributed by atoms with Gasteiger partial charge in [-0.25, -0.2) is 24.9 Å². The first kappa shape index (κ1) is 72.5. The molecule has 0 saturated carbocycles. The lowest BCUT2D eigenvalue weighted by Gasteiger charge is -2.12. The highest BCUT2D eigenvalue weighted by atomic mass is 15.0. The van der Waals surface area contributed by atoms with E-state index in [4.69, 9.17) is 24.9 Å². The number of para-hydroxylation sites is 6. The molecule has 580 valence electrons. The zero-order valence-corrected chi connectivity index (χ0v) is 67.3. The molecule has 9 heteroatoms. The molecule has 0 radical (unpaired) electrons. The molecule has 18 aromatic carbocycles. The van der Waals surface area contributed by atoms with E-state index in [2.05, 4.69) is 376 Å². The number of aromatic nitrogens is 9. The van der Waals surface area contributed by atoms with Crippen LogP contribution in [0.25, 0.3) is 223 Å². The Bertz CT molecular complexity index is 7580. The lowest BCUT2D eigenvalue weighted by atomic mass is 10.0. The Balaban J connectivity index is 0.000000143. The lowest BCUT2D eigenvalue weighted by Crippen LogP contribution is -2.00. The highest BCUT2D eigenvalue weighted by Crippen LogP contribution is 2.43. The monoisotopic (exact) mass is 1580 g/mol. The second-order valence-electron chi connectivity index (χ2n) is 31.5. The molecule has 0 N–H and O–H groups in total. The molecule has 0 bridgehead atoms. The number of rotatable bonds is 14. The molecule has 0 fully saturated rings. The minimum atomic E-state index is 0.638. The van der Waals surface area contributed by atoms with Crippen molar-refractivity contribution in [3.63, 3.8) is 0 Å². The summed E-state index contributed by atoms with van der Waals surface area (Å²) in [5.74, 6) is 2.64. The Hall–Kier alpha value is -16.8. The Morgan fingerprint density at radius 2 is 0.363 bits per heavy atom. The van der Waals surface area contributed by atoms with Gasteiger partial charge in [-0.15, -0.1) is 0 Å². The Kier molecular flexibility index (Phi) is 18.0. The summed E-state index contributed by atoms with van der Waals surface area (Å²) >= 11 is 0. The molecule has 124 heavy (non-hydrogen) atoms. The van der Waals surface area contributed by atoms with Crippen molar-refractivity contribution in [3.05, 3.63) is 455 Å². The summed E-state index contributed by atoms with van der Waals surface area (Å²) in [5, 5.41) is 9.93. The minimum absolute atomic E-state index is 0.638. The van der Waals surface area contributed by atoms with Crippen LogP contribution in [0, 0.1) is 0 Å². The van der Waals surface area contributed by atoms with E-state index in [1.165, 1.54) is 109 Å². The fourth-order valence-electron chi connectivity index (χ4n) is 18.2. The van der Waals surface area contributed by atoms with Crippen molar-refractivity contribution in [1.29, 1.82) is 0 Å². The normalized spacial score (nSPS) is 11.5. The highest BCUT2D eigenvalue weighted by Gasteiger charge is 2.22. The summed E-state index contributed by atoms with van der Waals surface area (Å²) in [6.07, 6.45) is 0. The van der Waals surface area contributed by atoms with Gasteiger partial charge in [-0.05, 0) is 172 Å². The molecule has 0 atom stereocenters. The first-order chi connectivity index (χ1) is 61.5. The smallest absolute Gasteiger partial charge is 0.164 e. The van der Waals surface area contributed by atoms with E-state index in [1.54, 1.807) is 0 Å². The molecule has 0 unspecified atom stereocenters. The molecule has 6 heterocycles. The summed E-state index contributed by atoms with van der Waals surface area (Å²) < 4.78 is 9.54. The van der Waals surface area contributed by atoms with Gasteiger partial charge in [0.25, 0.3) is 0 Å². The molecule has 0 spiro atoms. The van der Waals surface area contributed by atoms with Crippen molar-refractivity contribution in [2.75, 3.05) is 0 Å². The van der Waals surface area contributed by atoms with Gasteiger partial charge >= 0.3 is 0 Å². The fourth-order valence-corrected chi connectivity index (χ4v) is 18.2. The van der Waals surface area contributed by atoms with Gasteiger partial charge in [0.1, 0.15) is 0 Å². The number of hydrogen-bond acceptors (Lipinski definition) is 5. The topological polar surface area (TPSA) is 84.2 Å². The zero-order valence-electron chi connectivity index (χ0n) is 67.3. The predicted octanol–water partition coefficient (Wildman–Crippen LogP) is 29.4. The second kappa shape index (κ2) is 30.9. The van der Waals surface area contributed by atoms with Gasteiger partial charge in [-0.2, -0.15) is 0 Å². The molecule has 24 aromatic rings. The second-order valence-corrected chi connectivity index (χ2v) is 31.5. The maximum atomic E-state index is 5.09. The van der Waals surface area contributed by atoms with Crippen molar-refractivity contribution in [1.82, 2.24) is 43.2 Å². The lowest BCUT2D eigenvalue weighted by molar-refractivity contribution is 1.07. The van der Waals surface area contributed by atoms with Crippen LogP contribution in [0.1, 0.15) is 0 Å². The van der Waals surface area contributed by atoms with Crippen LogP contribution in [-0.4, -0.2) is 43.2 Å². The van der Waals surface area contributed by atoms with E-state index in [-0.39, 0.29) is 0 Å². The van der Waals surface area contributed by atoms with E-state index >= 15 is 0 Å². The SMILES string of the molecule is c1ccc(-c2cc(-c3ccccc3)nc(-c3cccc(-c4ccc(-n5c6ccccc6c6cc(-c7ccc8c9ccccc9n(-c9ccccc9)c8c7)ccc65)cc4)c3)n2)cc1.c1ccc(-c2nc(-c3ccccc3)nc(-c3cccc(-c4ccc(-n5c6ccccc6c6cc(-c7ccc8c9ccccc9n(-c9ccccc9)c8c7)ccc65)cc4)c3)n2)cc1. The third-order valence-corrected chi connectivity index (χ3v) is 24.1. The number of benzene rings is 18. The summed E-state index contributed by atoms with van der Waals surface area (Å²) in [6.45, 7) is 0. The van der Waals surface area contributed by atoms with Gasteiger partial charge in [0, 0.05) is 99.2 Å². The highest BCUT2D eigenvalue weighted by molar-refractivity contribution is 6.15. The molecular formula is C115H75N9. The van der Waals surface area contributed by atoms with E-state index in [0.717, 1.165) is 89.8 Å². The molecule has 6 aromatic heterocycles. The third-order valence-electron chi connectivity index (χ3n) is 24.1. The van der Waals surface area contributed by atoms with Crippen LogP contribution in [0.5, 0.6) is 0 Å². The number of nitrogens with zero attached hydrogens (tertiary/aromatic N) is 9. The van der Waals surface area contributed by atoms with Crippen molar-refractivity contribution in [2.24, 2.45) is 0 Å². The van der Waals surface area contributed by atoms with Gasteiger partial charge in [-0.3, -0.25) is 0 Å². The van der Waals surface area contributed by atoms with E-state index in [0.29, 0.717) is 23.3 Å². The summed E-state index contributed by atoms with van der Waals surface area (Å²) in [5.41, 5.74) is 31.0. The van der Waals surface area contributed by atoms with Gasteiger partial charge in [0.15, 0.2) is 23.3 Å². The maximum Gasteiger partial charge on any atom is 0.164 e. The zero-order chi connectivity index (χ0) is 82.0. The Labute approximate surface area is 716 Å². The molecular weight excluding hydrogens is 1510 g/mol. The average molecular weight is 1580 g/mol. The van der Waals surface area contributed by atoms with Crippen LogP contribution in [0.3, 0.4) is 0 Å². The minimum Gasteiger partial charge on any atom is -0.309 e. The summed E-state index contributed by atoms with van der Waals surface area (Å²) in [7, 11) is 0. The fraction of sp³-hybridized carbons (Fsp3) is 0. The van der Waals surface area contributed by atoms with E-state index < -0.39 is 0 Å². The predicted molar refractivity (Wildman–Crippen MR) is 514 cm³/mol. The van der Waals surface area contributed by atoms with Crippen LogP contribution < -0.4 is 0 Å². The van der Waals surface area contributed by atoms with Crippen molar-refractivity contribution >= 4 is 87.2 Å². The Morgan fingerprint density at radius 1 is 0.121 bits per heavy atom. The van der Waals surface area contributed by atoms with E-state index in [1.807, 2.05) is 97.1 Å². The van der Waals surface area contributed by atoms with Gasteiger partial charge in [0.2, 0.25) is 0 Å². The number of fused-ring (bicyclic) bond motifs is 12. The molecule has 24 rings (SSSR count). The average Bonchev–Trinajstić information content (AvgIpc) is 1.59. The van der Waals surface area contributed by atoms with Crippen molar-refractivity contribution in [2.45, 2.75) is 0 Å². The quantitative estimate of drug-likeness (QED) is 0.108. The van der Waals surface area contributed by atoms with Gasteiger partial charge in [0.05, 0.1) is 55.5 Å². The summed E-state index contributed by atoms with van der Waals surface area (Å²) in [6, 6.07) is 162. The van der Waals surface area contributed by atoms with Gasteiger partial charge < -0.3 is 18.3 Å². The Morgan fingerprint density at radius 3 is 0.742 bits per heavy atom. The molecule has 0 aliphatic heterocycles. The van der Waals surface area contributed by atoms with Crippen LogP contribution in [0.15, 0.2) is 455 Å². The van der Waals surface area contributed by atoms with Crippen molar-refractivity contribution in [3.8, 4) is 135 Å². The van der Waals surface area contributed by atoms with Crippen LogP contribution >= 0.6 is 0 Å². The molecule has 0 amide bonds. The largest absolute Gasteiger partial charge is 0.309 e. The summed E-state index contributed by atoms with van der Waals surface area (Å²) in [4.78, 5) is 25.0.